The molecule has 0 spiro atoms. The number of benzene rings is 4. The van der Waals surface area contributed by atoms with E-state index in [1.54, 1.807) is 88.4 Å². The van der Waals surface area contributed by atoms with Gasteiger partial charge in [-0.3, -0.25) is 0 Å². The molecule has 0 atom stereocenters. The molecule has 2 aromatic heterocycles. The van der Waals surface area contributed by atoms with Gasteiger partial charge >= 0.3 is 304 Å². The molecule has 4 aromatic carbocycles. The Hall–Kier alpha value is -4.93. The molecule has 0 radical (unpaired) electrons. The molecular weight excluding hydrogens is 732 g/mol. The van der Waals surface area contributed by atoms with Gasteiger partial charge in [-0.2, -0.15) is 0 Å². The number of nitrogens with zero attached hydrogens (tertiary/aromatic N) is 2. The van der Waals surface area contributed by atoms with Crippen molar-refractivity contribution < 1.29 is 51.7 Å². The Labute approximate surface area is 303 Å². The molecule has 8 rings (SSSR count). The van der Waals surface area contributed by atoms with E-state index in [2.05, 4.69) is 0 Å². The monoisotopic (exact) mass is 762 g/mol. The van der Waals surface area contributed by atoms with Crippen LogP contribution in [-0.2, 0) is 16.6 Å². The fourth-order valence-corrected chi connectivity index (χ4v) is 16.5. The van der Waals surface area contributed by atoms with Gasteiger partial charge in [0.2, 0.25) is 0 Å². The second-order valence-corrected chi connectivity index (χ2v) is 19.4. The van der Waals surface area contributed by atoms with Crippen LogP contribution >= 0.6 is 0 Å². The molecule has 0 unspecified atom stereocenters. The standard InChI is InChI=1S/2C16H10F4N.2C5H5.Ti/c2*1-8-9(2)21(13-6-4-3-5-10(8)13)16-14(19)11(17)7-12(18)15(16)20;2*1-2-4-5-3-1;/h2*3-6H,1-2H3;2*1-3H,4H2;. The number of hydrogen-bond acceptors (Lipinski definition) is 0. The Kier molecular flexibility index (Phi) is 8.35. The number of aromatic nitrogens is 2. The summed E-state index contributed by atoms with van der Waals surface area (Å²) in [5.41, 5.74) is 0.237. The summed E-state index contributed by atoms with van der Waals surface area (Å²) in [5, 5.41) is 1.17. The van der Waals surface area contributed by atoms with Gasteiger partial charge in [-0.25, -0.2) is 0 Å². The molecule has 0 aliphatic heterocycles. The van der Waals surface area contributed by atoms with Gasteiger partial charge in [0.1, 0.15) is 0 Å². The third-order valence-corrected chi connectivity index (χ3v) is 18.9. The van der Waals surface area contributed by atoms with Crippen molar-refractivity contribution in [3.63, 3.8) is 0 Å². The second-order valence-electron chi connectivity index (χ2n) is 13.5. The van der Waals surface area contributed by atoms with E-state index in [4.69, 9.17) is 0 Å². The van der Waals surface area contributed by atoms with Crippen LogP contribution in [0.2, 0.25) is 0 Å². The summed E-state index contributed by atoms with van der Waals surface area (Å²) in [6.07, 6.45) is 8.50. The predicted molar refractivity (Wildman–Crippen MR) is 188 cm³/mol. The number of hydrogen-bond donors (Lipinski definition) is 0. The molecule has 2 heterocycles. The maximum absolute atomic E-state index is 17.2. The van der Waals surface area contributed by atoms with E-state index in [0.717, 1.165) is 9.13 Å². The van der Waals surface area contributed by atoms with Crippen molar-refractivity contribution in [1.82, 2.24) is 9.13 Å². The Balaban J connectivity index is 1.50. The first kappa shape index (κ1) is 35.1. The number of para-hydroxylation sites is 2. The SMILES string of the molecule is Cc1c(C)n(-c2c(F)c(F)[c]([Ti]([C]3=CC=CC3)([C]3=CC=CC3)[c]3c(F)c(F)c(-n4c(C)c(C)c5ccccc54)c(F)c3F)c(F)c2F)c2ccccc12. The molecule has 6 aromatic rings. The van der Waals surface area contributed by atoms with E-state index in [9.17, 15) is 0 Å². The molecule has 0 saturated carbocycles. The molecule has 53 heavy (non-hydrogen) atoms. The number of fused-ring (bicyclic) bond motifs is 2. The molecule has 0 saturated heterocycles. The fourth-order valence-electron chi connectivity index (χ4n) is 8.35. The quantitative estimate of drug-likeness (QED) is 0.0909. The van der Waals surface area contributed by atoms with Crippen LogP contribution in [0.3, 0.4) is 0 Å². The normalized spacial score (nSPS) is 14.3. The van der Waals surface area contributed by atoms with Crippen LogP contribution < -0.4 is 7.74 Å². The summed E-state index contributed by atoms with van der Waals surface area (Å²) in [6.45, 7) is 6.47. The molecule has 0 fully saturated rings. The van der Waals surface area contributed by atoms with Crippen LogP contribution in [0.25, 0.3) is 33.2 Å². The van der Waals surface area contributed by atoms with Gasteiger partial charge in [0, 0.05) is 0 Å². The first-order valence-corrected chi connectivity index (χ1v) is 20.1. The van der Waals surface area contributed by atoms with Crippen molar-refractivity contribution in [1.29, 1.82) is 0 Å². The molecule has 0 bridgehead atoms. The molecule has 2 nitrogen and oxygen atoms in total. The van der Waals surface area contributed by atoms with Crippen molar-refractivity contribution in [2.24, 2.45) is 0 Å². The average molecular weight is 763 g/mol. The van der Waals surface area contributed by atoms with Crippen molar-refractivity contribution in [2.75, 3.05) is 0 Å². The van der Waals surface area contributed by atoms with Gasteiger partial charge in [-0.05, 0) is 0 Å². The molecule has 0 N–H and O–H groups in total. The van der Waals surface area contributed by atoms with Gasteiger partial charge in [0.15, 0.2) is 0 Å². The van der Waals surface area contributed by atoms with Gasteiger partial charge in [-0.15, -0.1) is 0 Å². The van der Waals surface area contributed by atoms with Crippen LogP contribution in [0.15, 0.2) is 92.7 Å². The minimum atomic E-state index is -6.06. The van der Waals surface area contributed by atoms with Gasteiger partial charge in [0.05, 0.1) is 0 Å². The van der Waals surface area contributed by atoms with Crippen LogP contribution in [0.5, 0.6) is 0 Å². The number of allylic oxidation sites excluding steroid dienone is 8. The van der Waals surface area contributed by atoms with Crippen molar-refractivity contribution >= 4 is 29.5 Å². The third-order valence-electron chi connectivity index (χ3n) is 11.0. The molecule has 0 amide bonds. The van der Waals surface area contributed by atoms with E-state index in [1.807, 2.05) is 0 Å². The maximum atomic E-state index is 17.2. The summed E-state index contributed by atoms with van der Waals surface area (Å²) in [7, 11) is 0. The third kappa shape index (κ3) is 4.67. The van der Waals surface area contributed by atoms with Gasteiger partial charge < -0.3 is 0 Å². The predicted octanol–water partition coefficient (Wildman–Crippen LogP) is 10.7. The van der Waals surface area contributed by atoms with Gasteiger partial charge in [-0.1, -0.05) is 0 Å². The Morgan fingerprint density at radius 1 is 0.472 bits per heavy atom. The van der Waals surface area contributed by atoms with E-state index in [0.29, 0.717) is 33.3 Å². The Morgan fingerprint density at radius 3 is 1.13 bits per heavy atom. The van der Waals surface area contributed by atoms with E-state index >= 15 is 35.1 Å². The van der Waals surface area contributed by atoms with Gasteiger partial charge in [0.25, 0.3) is 0 Å². The van der Waals surface area contributed by atoms with Crippen molar-refractivity contribution in [2.45, 2.75) is 40.5 Å². The van der Waals surface area contributed by atoms with E-state index in [-0.39, 0.29) is 31.6 Å². The molecule has 11 heteroatoms. The summed E-state index contributed by atoms with van der Waals surface area (Å²) >= 11 is -6.06. The van der Waals surface area contributed by atoms with Crippen molar-refractivity contribution in [3.05, 3.63) is 162 Å². The van der Waals surface area contributed by atoms with Crippen LogP contribution in [0.4, 0.5) is 35.1 Å². The molecule has 2 aliphatic rings. The average Bonchev–Trinajstić information content (AvgIpc) is 3.98. The first-order valence-electron chi connectivity index (χ1n) is 16.9. The zero-order valence-electron chi connectivity index (χ0n) is 28.9. The number of rotatable bonds is 6. The van der Waals surface area contributed by atoms with Crippen LogP contribution in [-0.4, -0.2) is 9.13 Å². The summed E-state index contributed by atoms with van der Waals surface area (Å²) < 4.78 is 136. The number of aryl methyl sites for hydroxylation is 2. The summed E-state index contributed by atoms with van der Waals surface area (Å²) in [5.74, 6) is -14.8. The summed E-state index contributed by atoms with van der Waals surface area (Å²) in [4.78, 5) is 0. The topological polar surface area (TPSA) is 9.86 Å². The fraction of sp³-hybridized carbons (Fsp3) is 0.143. The minimum absolute atomic E-state index is 0.0329. The van der Waals surface area contributed by atoms with Crippen LogP contribution in [0, 0.1) is 74.2 Å². The molecule has 268 valence electrons. The van der Waals surface area contributed by atoms with E-state index in [1.165, 1.54) is 24.3 Å². The number of halogens is 8. The Bertz CT molecular complexity index is 2470. The Morgan fingerprint density at radius 2 is 0.811 bits per heavy atom. The molecular formula is C42H30F8N2Ti. The first-order chi connectivity index (χ1) is 25.3. The van der Waals surface area contributed by atoms with E-state index < -0.39 is 82.2 Å². The molecule has 2 aliphatic carbocycles. The second kappa shape index (κ2) is 12.6. The zero-order valence-corrected chi connectivity index (χ0v) is 30.5. The summed E-state index contributed by atoms with van der Waals surface area (Å²) in [6, 6.07) is 13.1. The van der Waals surface area contributed by atoms with Crippen LogP contribution in [0.1, 0.15) is 35.4 Å². The van der Waals surface area contributed by atoms with Crippen molar-refractivity contribution in [3.8, 4) is 11.4 Å². The zero-order chi connectivity index (χ0) is 37.7.